The molecule has 0 atom stereocenters. The largest absolute Gasteiger partial charge is 0.325 e. The Morgan fingerprint density at radius 3 is 2.73 bits per heavy atom. The number of hydrogen-bond donors (Lipinski definition) is 1. The van der Waals surface area contributed by atoms with Crippen LogP contribution in [0.1, 0.15) is 16.7 Å². The van der Waals surface area contributed by atoms with E-state index in [2.05, 4.69) is 5.32 Å². The second-order valence-electron chi connectivity index (χ2n) is 5.06. The Hall–Kier alpha value is -1.52. The molecule has 0 saturated carbocycles. The van der Waals surface area contributed by atoms with Gasteiger partial charge in [-0.05, 0) is 37.6 Å². The molecule has 0 aliphatic carbocycles. The van der Waals surface area contributed by atoms with Gasteiger partial charge >= 0.3 is 0 Å². The molecule has 1 N–H and O–H groups in total. The highest BCUT2D eigenvalue weighted by Crippen LogP contribution is 2.24. The van der Waals surface area contributed by atoms with Crippen molar-refractivity contribution in [2.24, 2.45) is 0 Å². The van der Waals surface area contributed by atoms with Gasteiger partial charge in [0.2, 0.25) is 5.91 Å². The molecule has 116 valence electrons. The van der Waals surface area contributed by atoms with E-state index in [0.29, 0.717) is 16.3 Å². The van der Waals surface area contributed by atoms with Crippen LogP contribution in [0.4, 0.5) is 10.1 Å². The summed E-state index contributed by atoms with van der Waals surface area (Å²) in [6.45, 7) is 3.96. The molecule has 0 aliphatic rings. The Morgan fingerprint density at radius 1 is 1.27 bits per heavy atom. The third-order valence-electron chi connectivity index (χ3n) is 3.20. The minimum Gasteiger partial charge on any atom is -0.325 e. The standard InChI is InChI=1S/C17H17ClFNOS/c1-11-6-7-16(12(2)8-11)20-17(21)10-22-9-13-14(18)4-3-5-15(13)19/h3-8H,9-10H2,1-2H3,(H,20,21). The molecule has 0 unspecified atom stereocenters. The third-order valence-corrected chi connectivity index (χ3v) is 4.51. The summed E-state index contributed by atoms with van der Waals surface area (Å²) in [6.07, 6.45) is 0. The molecule has 0 bridgehead atoms. The van der Waals surface area contributed by atoms with E-state index >= 15 is 0 Å². The first-order chi connectivity index (χ1) is 10.5. The van der Waals surface area contributed by atoms with Crippen LogP contribution in [0.2, 0.25) is 5.02 Å². The summed E-state index contributed by atoms with van der Waals surface area (Å²) in [6, 6.07) is 10.4. The number of carbonyl (C=O) groups excluding carboxylic acids is 1. The fraction of sp³-hybridized carbons (Fsp3) is 0.235. The van der Waals surface area contributed by atoms with Gasteiger partial charge in [0, 0.05) is 22.0 Å². The number of nitrogens with one attached hydrogen (secondary N) is 1. The number of carbonyl (C=O) groups is 1. The Labute approximate surface area is 139 Å². The molecule has 0 aromatic heterocycles. The molecule has 0 radical (unpaired) electrons. The maximum atomic E-state index is 13.6. The van der Waals surface area contributed by atoms with Crippen molar-refractivity contribution in [3.63, 3.8) is 0 Å². The molecule has 2 rings (SSSR count). The SMILES string of the molecule is Cc1ccc(NC(=O)CSCc2c(F)cccc2Cl)c(C)c1. The maximum absolute atomic E-state index is 13.6. The van der Waals surface area contributed by atoms with Gasteiger partial charge in [-0.25, -0.2) is 4.39 Å². The number of thioether (sulfide) groups is 1. The van der Waals surface area contributed by atoms with Crippen molar-refractivity contribution in [2.75, 3.05) is 11.1 Å². The second-order valence-corrected chi connectivity index (χ2v) is 6.45. The van der Waals surface area contributed by atoms with Gasteiger partial charge in [-0.3, -0.25) is 4.79 Å². The zero-order chi connectivity index (χ0) is 16.1. The first kappa shape index (κ1) is 16.8. The number of hydrogen-bond acceptors (Lipinski definition) is 2. The molecule has 5 heteroatoms. The second kappa shape index (κ2) is 7.65. The van der Waals surface area contributed by atoms with Crippen LogP contribution in [0, 0.1) is 19.7 Å². The molecule has 22 heavy (non-hydrogen) atoms. The van der Waals surface area contributed by atoms with Crippen molar-refractivity contribution in [3.8, 4) is 0 Å². The van der Waals surface area contributed by atoms with E-state index in [0.717, 1.165) is 16.8 Å². The average Bonchev–Trinajstić information content (AvgIpc) is 2.45. The van der Waals surface area contributed by atoms with Gasteiger partial charge in [0.25, 0.3) is 0 Å². The molecular formula is C17H17ClFNOS. The van der Waals surface area contributed by atoms with Gasteiger partial charge < -0.3 is 5.32 Å². The van der Waals surface area contributed by atoms with Crippen LogP contribution < -0.4 is 5.32 Å². The number of anilines is 1. The van der Waals surface area contributed by atoms with E-state index in [1.165, 1.54) is 17.8 Å². The highest BCUT2D eigenvalue weighted by Gasteiger charge is 2.09. The highest BCUT2D eigenvalue weighted by atomic mass is 35.5. The number of aryl methyl sites for hydroxylation is 2. The first-order valence-electron chi connectivity index (χ1n) is 6.85. The quantitative estimate of drug-likeness (QED) is 0.834. The monoisotopic (exact) mass is 337 g/mol. The molecule has 2 aromatic rings. The lowest BCUT2D eigenvalue weighted by Crippen LogP contribution is -2.15. The predicted octanol–water partition coefficient (Wildman–Crippen LogP) is 4.97. The summed E-state index contributed by atoms with van der Waals surface area (Å²) in [4.78, 5) is 12.0. The summed E-state index contributed by atoms with van der Waals surface area (Å²) in [7, 11) is 0. The molecule has 2 aromatic carbocycles. The van der Waals surface area contributed by atoms with Crippen molar-refractivity contribution < 1.29 is 9.18 Å². The van der Waals surface area contributed by atoms with Crippen LogP contribution in [-0.2, 0) is 10.5 Å². The smallest absolute Gasteiger partial charge is 0.234 e. The maximum Gasteiger partial charge on any atom is 0.234 e. The van der Waals surface area contributed by atoms with Gasteiger partial charge in [-0.15, -0.1) is 11.8 Å². The summed E-state index contributed by atoms with van der Waals surface area (Å²) >= 11 is 7.29. The Balaban J connectivity index is 1.88. The number of benzene rings is 2. The van der Waals surface area contributed by atoms with E-state index in [1.807, 2.05) is 32.0 Å². The molecule has 0 saturated heterocycles. The van der Waals surface area contributed by atoms with Crippen molar-refractivity contribution in [1.82, 2.24) is 0 Å². The van der Waals surface area contributed by atoms with E-state index in [4.69, 9.17) is 11.6 Å². The Bertz CT molecular complexity index is 670. The minimum absolute atomic E-state index is 0.107. The van der Waals surface area contributed by atoms with E-state index in [9.17, 15) is 9.18 Å². The average molecular weight is 338 g/mol. The predicted molar refractivity (Wildman–Crippen MR) is 92.1 cm³/mol. The highest BCUT2D eigenvalue weighted by molar-refractivity contribution is 7.99. The Morgan fingerprint density at radius 2 is 2.05 bits per heavy atom. The van der Waals surface area contributed by atoms with E-state index in [1.54, 1.807) is 12.1 Å². The lowest BCUT2D eigenvalue weighted by molar-refractivity contribution is -0.113. The Kier molecular flexibility index (Phi) is 5.86. The van der Waals surface area contributed by atoms with Crippen LogP contribution in [0.15, 0.2) is 36.4 Å². The van der Waals surface area contributed by atoms with Gasteiger partial charge in [-0.2, -0.15) is 0 Å². The van der Waals surface area contributed by atoms with Crippen molar-refractivity contribution in [3.05, 3.63) is 63.9 Å². The number of halogens is 2. The molecule has 0 spiro atoms. The van der Waals surface area contributed by atoms with Gasteiger partial charge in [0.1, 0.15) is 5.82 Å². The summed E-state index contributed by atoms with van der Waals surface area (Å²) < 4.78 is 13.6. The molecular weight excluding hydrogens is 321 g/mol. The lowest BCUT2D eigenvalue weighted by atomic mass is 10.1. The van der Waals surface area contributed by atoms with Gasteiger partial charge in [0.05, 0.1) is 5.75 Å². The number of rotatable bonds is 5. The summed E-state index contributed by atoms with van der Waals surface area (Å²) in [5.74, 6) is 0.170. The van der Waals surface area contributed by atoms with Crippen molar-refractivity contribution >= 4 is 35.0 Å². The van der Waals surface area contributed by atoms with E-state index < -0.39 is 0 Å². The third kappa shape index (κ3) is 4.49. The zero-order valence-electron chi connectivity index (χ0n) is 12.5. The van der Waals surface area contributed by atoms with E-state index in [-0.39, 0.29) is 17.5 Å². The van der Waals surface area contributed by atoms with Crippen LogP contribution in [0.5, 0.6) is 0 Å². The van der Waals surface area contributed by atoms with Crippen molar-refractivity contribution in [1.29, 1.82) is 0 Å². The summed E-state index contributed by atoms with van der Waals surface area (Å²) in [5, 5.41) is 3.26. The van der Waals surface area contributed by atoms with Crippen LogP contribution >= 0.6 is 23.4 Å². The van der Waals surface area contributed by atoms with Gasteiger partial charge in [-0.1, -0.05) is 35.4 Å². The van der Waals surface area contributed by atoms with Crippen LogP contribution in [0.3, 0.4) is 0 Å². The normalized spacial score (nSPS) is 10.5. The zero-order valence-corrected chi connectivity index (χ0v) is 14.0. The van der Waals surface area contributed by atoms with Crippen molar-refractivity contribution in [2.45, 2.75) is 19.6 Å². The fourth-order valence-corrected chi connectivity index (χ4v) is 3.22. The summed E-state index contributed by atoms with van der Waals surface area (Å²) in [5.41, 5.74) is 3.42. The number of amides is 1. The minimum atomic E-state index is -0.338. The molecule has 0 aliphatic heterocycles. The molecule has 0 fully saturated rings. The molecule has 0 heterocycles. The van der Waals surface area contributed by atoms with Crippen LogP contribution in [-0.4, -0.2) is 11.7 Å². The first-order valence-corrected chi connectivity index (χ1v) is 8.38. The van der Waals surface area contributed by atoms with Gasteiger partial charge in [0.15, 0.2) is 0 Å². The lowest BCUT2D eigenvalue weighted by Gasteiger charge is -2.09. The molecule has 1 amide bonds. The fourth-order valence-electron chi connectivity index (χ4n) is 2.06. The topological polar surface area (TPSA) is 29.1 Å². The molecule has 2 nitrogen and oxygen atoms in total. The van der Waals surface area contributed by atoms with Crippen LogP contribution in [0.25, 0.3) is 0 Å².